The normalized spacial score (nSPS) is 12.1. The summed E-state index contributed by atoms with van der Waals surface area (Å²) in [6.45, 7) is 1.67. The number of anilines is 1. The third kappa shape index (κ3) is 5.68. The summed E-state index contributed by atoms with van der Waals surface area (Å²) >= 11 is 0. The summed E-state index contributed by atoms with van der Waals surface area (Å²) in [4.78, 5) is 17.4. The first-order valence-electron chi connectivity index (χ1n) is 10.8. The summed E-state index contributed by atoms with van der Waals surface area (Å²) in [6.07, 6.45) is 3.74. The predicted molar refractivity (Wildman–Crippen MR) is 132 cm³/mol. The van der Waals surface area contributed by atoms with E-state index in [-0.39, 0.29) is 4.90 Å². The molecule has 3 aromatic carbocycles. The second-order valence-electron chi connectivity index (χ2n) is 7.90. The van der Waals surface area contributed by atoms with Crippen molar-refractivity contribution in [2.24, 2.45) is 0 Å². The first-order valence-corrected chi connectivity index (χ1v) is 12.3. The Bertz CT molecular complexity index is 1400. The van der Waals surface area contributed by atoms with E-state index in [1.54, 1.807) is 66.3 Å². The zero-order chi connectivity index (χ0) is 24.8. The van der Waals surface area contributed by atoms with Crippen LogP contribution in [0.25, 0.3) is 5.69 Å². The number of aromatic nitrogens is 2. The van der Waals surface area contributed by atoms with Gasteiger partial charge in [-0.05, 0) is 54.8 Å². The molecule has 1 aromatic heterocycles. The molecule has 1 heterocycles. The number of nitrogens with one attached hydrogen (secondary N) is 3. The Balaban J connectivity index is 1.63. The molecule has 2 amide bonds. The molecule has 4 rings (SSSR count). The molecule has 0 fully saturated rings. The molecule has 0 aliphatic heterocycles. The van der Waals surface area contributed by atoms with Crippen LogP contribution in [0.2, 0.25) is 0 Å². The van der Waals surface area contributed by atoms with E-state index in [2.05, 4.69) is 20.5 Å². The molecule has 1 atom stereocenters. The second-order valence-corrected chi connectivity index (χ2v) is 9.55. The Morgan fingerprint density at radius 1 is 1.00 bits per heavy atom. The summed E-state index contributed by atoms with van der Waals surface area (Å²) in [5.74, 6) is 0.516. The minimum atomic E-state index is -4.07. The highest BCUT2D eigenvalue weighted by atomic mass is 32.2. The summed E-state index contributed by atoms with van der Waals surface area (Å²) < 4.78 is 29.6. The van der Waals surface area contributed by atoms with Crippen LogP contribution in [-0.2, 0) is 16.4 Å². The van der Waals surface area contributed by atoms with Gasteiger partial charge in [0, 0.05) is 18.1 Å². The van der Waals surface area contributed by atoms with Crippen LogP contribution in [0.15, 0.2) is 96.2 Å². The van der Waals surface area contributed by atoms with Crippen molar-refractivity contribution in [2.75, 3.05) is 5.48 Å². The molecule has 0 saturated heterocycles. The van der Waals surface area contributed by atoms with Gasteiger partial charge in [0.15, 0.2) is 0 Å². The van der Waals surface area contributed by atoms with Crippen LogP contribution in [0.1, 0.15) is 23.0 Å². The van der Waals surface area contributed by atoms with Crippen LogP contribution in [0.4, 0.5) is 10.5 Å². The fraction of sp³-hybridized carbons (Fsp3) is 0.120. The molecule has 4 N–H and O–H groups in total. The van der Waals surface area contributed by atoms with Gasteiger partial charge >= 0.3 is 6.03 Å². The average Bonchev–Trinajstić information content (AvgIpc) is 3.34. The third-order valence-corrected chi connectivity index (χ3v) is 6.94. The number of aryl methyl sites for hydroxylation is 1. The summed E-state index contributed by atoms with van der Waals surface area (Å²) in [7, 11) is -4.07. The van der Waals surface area contributed by atoms with Crippen molar-refractivity contribution in [3.8, 4) is 5.69 Å². The van der Waals surface area contributed by atoms with Crippen LogP contribution < -0.4 is 15.5 Å². The van der Waals surface area contributed by atoms with E-state index in [4.69, 9.17) is 5.21 Å². The van der Waals surface area contributed by atoms with Gasteiger partial charge in [-0.3, -0.25) is 10.7 Å². The van der Waals surface area contributed by atoms with E-state index in [0.29, 0.717) is 23.5 Å². The lowest BCUT2D eigenvalue weighted by Crippen LogP contribution is -2.42. The molecule has 0 aliphatic carbocycles. The molecule has 180 valence electrons. The molecule has 9 nitrogen and oxygen atoms in total. The van der Waals surface area contributed by atoms with Crippen LogP contribution in [0, 0.1) is 6.92 Å². The average molecular weight is 492 g/mol. The molecule has 0 bridgehead atoms. The lowest BCUT2D eigenvalue weighted by atomic mass is 10.1. The van der Waals surface area contributed by atoms with Crippen molar-refractivity contribution in [2.45, 2.75) is 24.3 Å². The number of rotatable bonds is 8. The highest BCUT2D eigenvalue weighted by molar-refractivity contribution is 7.90. The van der Waals surface area contributed by atoms with Gasteiger partial charge in [-0.2, -0.15) is 0 Å². The van der Waals surface area contributed by atoms with E-state index in [1.807, 2.05) is 30.3 Å². The number of benzene rings is 3. The molecule has 10 heteroatoms. The second kappa shape index (κ2) is 10.4. The number of nitrogens with zero attached hydrogens (tertiary/aromatic N) is 2. The van der Waals surface area contributed by atoms with E-state index < -0.39 is 22.1 Å². The third-order valence-electron chi connectivity index (χ3n) is 5.45. The molecule has 0 spiro atoms. The Kier molecular flexibility index (Phi) is 7.14. The van der Waals surface area contributed by atoms with E-state index in [9.17, 15) is 13.2 Å². The van der Waals surface area contributed by atoms with Crippen LogP contribution in [0.3, 0.4) is 0 Å². The van der Waals surface area contributed by atoms with Gasteiger partial charge in [-0.1, -0.05) is 48.5 Å². The maximum atomic E-state index is 12.9. The van der Waals surface area contributed by atoms with Crippen LogP contribution >= 0.6 is 0 Å². The number of hydrogen-bond acceptors (Lipinski definition) is 6. The van der Waals surface area contributed by atoms with Crippen LogP contribution in [0.5, 0.6) is 0 Å². The monoisotopic (exact) mass is 491 g/mol. The number of imidazole rings is 1. The van der Waals surface area contributed by atoms with Gasteiger partial charge in [0.2, 0.25) is 0 Å². The van der Waals surface area contributed by atoms with Gasteiger partial charge in [0.1, 0.15) is 5.82 Å². The molecule has 0 aliphatic rings. The Labute approximate surface area is 203 Å². The fourth-order valence-corrected chi connectivity index (χ4v) is 4.93. The Morgan fingerprint density at radius 3 is 2.37 bits per heavy atom. The topological polar surface area (TPSA) is 125 Å². The van der Waals surface area contributed by atoms with Gasteiger partial charge < -0.3 is 9.88 Å². The minimum Gasteiger partial charge on any atom is -0.327 e. The first-order chi connectivity index (χ1) is 16.9. The summed E-state index contributed by atoms with van der Waals surface area (Å²) in [5.41, 5.74) is 4.84. The Hall–Kier alpha value is -4.15. The summed E-state index contributed by atoms with van der Waals surface area (Å²) in [6, 6.07) is 21.4. The molecular formula is C25H25N5O4S. The minimum absolute atomic E-state index is 0.0360. The lowest BCUT2D eigenvalue weighted by molar-refractivity contribution is 0.241. The van der Waals surface area contributed by atoms with Crippen molar-refractivity contribution < 1.29 is 18.4 Å². The number of carbonyl (C=O) groups excluding carboxylic acids is 1. The van der Waals surface area contributed by atoms with Gasteiger partial charge in [-0.15, -0.1) is 0 Å². The van der Waals surface area contributed by atoms with E-state index in [0.717, 1.165) is 11.3 Å². The maximum absolute atomic E-state index is 12.9. The van der Waals surface area contributed by atoms with Gasteiger partial charge in [-0.25, -0.2) is 22.9 Å². The fourth-order valence-electron chi connectivity index (χ4n) is 3.77. The largest absolute Gasteiger partial charge is 0.329 e. The first kappa shape index (κ1) is 24.0. The van der Waals surface area contributed by atoms with Crippen molar-refractivity contribution in [1.29, 1.82) is 0 Å². The molecule has 35 heavy (non-hydrogen) atoms. The van der Waals surface area contributed by atoms with Crippen molar-refractivity contribution in [3.63, 3.8) is 0 Å². The van der Waals surface area contributed by atoms with Crippen molar-refractivity contribution >= 4 is 21.7 Å². The van der Waals surface area contributed by atoms with Crippen molar-refractivity contribution in [3.05, 3.63) is 108 Å². The highest BCUT2D eigenvalue weighted by Crippen LogP contribution is 2.22. The SMILES string of the molecule is Cc1ccccc1S(=O)(=O)NC(=O)N[C@@H](Cc1ccccc1)c1nccn1-c1ccc(NO)cc1. The summed E-state index contributed by atoms with van der Waals surface area (Å²) in [5, 5.41) is 11.9. The standard InChI is InChI=1S/C25H25N5O4S/c1-18-7-5-6-10-23(18)35(33,34)29-25(31)27-22(17-19-8-3-2-4-9-19)24-26-15-16-30(24)21-13-11-20(28-32)12-14-21/h2-16,22,28,32H,17H2,1H3,(H2,27,29,31)/t22-/m0/s1. The predicted octanol–water partition coefficient (Wildman–Crippen LogP) is 3.95. The number of amides is 2. The number of carbonyl (C=O) groups is 1. The number of hydrogen-bond donors (Lipinski definition) is 4. The van der Waals surface area contributed by atoms with Crippen molar-refractivity contribution in [1.82, 2.24) is 19.6 Å². The van der Waals surface area contributed by atoms with E-state index >= 15 is 0 Å². The molecule has 0 unspecified atom stereocenters. The molecular weight excluding hydrogens is 466 g/mol. The van der Waals surface area contributed by atoms with Gasteiger partial charge in [0.25, 0.3) is 10.0 Å². The molecule has 4 aromatic rings. The number of urea groups is 1. The highest BCUT2D eigenvalue weighted by Gasteiger charge is 2.25. The van der Waals surface area contributed by atoms with E-state index in [1.165, 1.54) is 6.07 Å². The quantitative estimate of drug-likeness (QED) is 0.277. The van der Waals surface area contributed by atoms with Crippen LogP contribution in [-0.4, -0.2) is 29.2 Å². The lowest BCUT2D eigenvalue weighted by Gasteiger charge is -2.21. The Morgan fingerprint density at radius 2 is 1.69 bits per heavy atom. The smallest absolute Gasteiger partial charge is 0.327 e. The molecule has 0 saturated carbocycles. The molecule has 0 radical (unpaired) electrons. The maximum Gasteiger partial charge on any atom is 0.329 e. The zero-order valence-corrected chi connectivity index (χ0v) is 19.7. The number of sulfonamides is 1. The zero-order valence-electron chi connectivity index (χ0n) is 18.9. The van der Waals surface area contributed by atoms with Gasteiger partial charge in [0.05, 0.1) is 16.6 Å².